The first kappa shape index (κ1) is 19.6. The molecule has 1 fully saturated rings. The molecule has 0 heterocycles. The summed E-state index contributed by atoms with van der Waals surface area (Å²) in [5.74, 6) is 0.667. The van der Waals surface area contributed by atoms with Crippen LogP contribution in [0.15, 0.2) is 29.3 Å². The van der Waals surface area contributed by atoms with E-state index in [1.807, 2.05) is 13.8 Å². The maximum absolute atomic E-state index is 12.9. The highest BCUT2D eigenvalue weighted by Gasteiger charge is 2.45. The van der Waals surface area contributed by atoms with Crippen molar-refractivity contribution in [3.63, 3.8) is 0 Å². The zero-order chi connectivity index (χ0) is 18.3. The lowest BCUT2D eigenvalue weighted by atomic mass is 9.94. The molecule has 1 aromatic rings. The van der Waals surface area contributed by atoms with Gasteiger partial charge in [-0.15, -0.1) is 0 Å². The zero-order valence-corrected chi connectivity index (χ0v) is 14.7. The first-order chi connectivity index (χ1) is 11.9. The predicted octanol–water partition coefficient (Wildman–Crippen LogP) is 3.33. The molecular weight excluding hydrogens is 331 g/mol. The second-order valence-electron chi connectivity index (χ2n) is 6.18. The van der Waals surface area contributed by atoms with Gasteiger partial charge in [0.25, 0.3) is 0 Å². The SMILES string of the molecule is CCNC(=NCC1(c2cccc(C(F)(F)F)c2)CC1)NCCOCC. The van der Waals surface area contributed by atoms with Gasteiger partial charge in [0, 0.05) is 25.1 Å². The third-order valence-electron chi connectivity index (χ3n) is 4.28. The molecule has 0 radical (unpaired) electrons. The number of hydrogen-bond acceptors (Lipinski definition) is 2. The van der Waals surface area contributed by atoms with Gasteiger partial charge in [0.15, 0.2) is 5.96 Å². The van der Waals surface area contributed by atoms with Crippen LogP contribution < -0.4 is 10.6 Å². The van der Waals surface area contributed by atoms with Crippen molar-refractivity contribution in [2.45, 2.75) is 38.3 Å². The van der Waals surface area contributed by atoms with Crippen molar-refractivity contribution in [2.24, 2.45) is 4.99 Å². The minimum absolute atomic E-state index is 0.274. The van der Waals surface area contributed by atoms with Gasteiger partial charge >= 0.3 is 6.18 Å². The van der Waals surface area contributed by atoms with Gasteiger partial charge in [-0.05, 0) is 38.3 Å². The van der Waals surface area contributed by atoms with Crippen LogP contribution in [0.5, 0.6) is 0 Å². The van der Waals surface area contributed by atoms with Crippen LogP contribution in [0.25, 0.3) is 0 Å². The molecule has 1 saturated carbocycles. The van der Waals surface area contributed by atoms with E-state index in [0.717, 1.165) is 31.0 Å². The fourth-order valence-corrected chi connectivity index (χ4v) is 2.67. The second kappa shape index (κ2) is 8.56. The van der Waals surface area contributed by atoms with Crippen molar-refractivity contribution >= 4 is 5.96 Å². The van der Waals surface area contributed by atoms with Gasteiger partial charge in [0.1, 0.15) is 0 Å². The van der Waals surface area contributed by atoms with Crippen LogP contribution in [-0.2, 0) is 16.3 Å². The Morgan fingerprint density at radius 1 is 1.24 bits per heavy atom. The number of hydrogen-bond donors (Lipinski definition) is 2. The molecule has 0 aliphatic heterocycles. The first-order valence-electron chi connectivity index (χ1n) is 8.69. The van der Waals surface area contributed by atoms with Crippen LogP contribution in [0, 0.1) is 0 Å². The van der Waals surface area contributed by atoms with Gasteiger partial charge in [-0.1, -0.05) is 18.2 Å². The van der Waals surface area contributed by atoms with Crippen molar-refractivity contribution in [1.82, 2.24) is 10.6 Å². The normalized spacial score (nSPS) is 16.6. The third kappa shape index (κ3) is 5.63. The third-order valence-corrected chi connectivity index (χ3v) is 4.28. The Kier molecular flexibility index (Phi) is 6.70. The summed E-state index contributed by atoms with van der Waals surface area (Å²) < 4.78 is 44.1. The number of halogens is 3. The number of nitrogens with zero attached hydrogens (tertiary/aromatic N) is 1. The molecule has 1 aliphatic rings. The van der Waals surface area contributed by atoms with E-state index in [9.17, 15) is 13.2 Å². The molecule has 0 bridgehead atoms. The fraction of sp³-hybridized carbons (Fsp3) is 0.611. The Morgan fingerprint density at radius 3 is 2.60 bits per heavy atom. The molecule has 1 aliphatic carbocycles. The van der Waals surface area contributed by atoms with Crippen LogP contribution in [0.4, 0.5) is 13.2 Å². The van der Waals surface area contributed by atoms with Crippen molar-refractivity contribution in [1.29, 1.82) is 0 Å². The summed E-state index contributed by atoms with van der Waals surface area (Å²) in [6.45, 7) is 6.98. The Hall–Kier alpha value is -1.76. The summed E-state index contributed by atoms with van der Waals surface area (Å²) in [5.41, 5.74) is -0.151. The summed E-state index contributed by atoms with van der Waals surface area (Å²) in [6, 6.07) is 5.63. The molecule has 25 heavy (non-hydrogen) atoms. The highest BCUT2D eigenvalue weighted by atomic mass is 19.4. The number of ether oxygens (including phenoxy) is 1. The quantitative estimate of drug-likeness (QED) is 0.426. The van der Waals surface area contributed by atoms with Crippen LogP contribution in [0.2, 0.25) is 0 Å². The lowest BCUT2D eigenvalue weighted by Crippen LogP contribution is -2.39. The van der Waals surface area contributed by atoms with Crippen LogP contribution in [-0.4, -0.2) is 38.8 Å². The van der Waals surface area contributed by atoms with Crippen LogP contribution in [0.1, 0.15) is 37.8 Å². The maximum Gasteiger partial charge on any atom is 0.416 e. The monoisotopic (exact) mass is 357 g/mol. The Labute approximate surface area is 146 Å². The van der Waals surface area contributed by atoms with Gasteiger partial charge in [-0.25, -0.2) is 0 Å². The van der Waals surface area contributed by atoms with E-state index in [1.165, 1.54) is 12.1 Å². The summed E-state index contributed by atoms with van der Waals surface area (Å²) in [6.07, 6.45) is -2.60. The lowest BCUT2D eigenvalue weighted by molar-refractivity contribution is -0.137. The molecule has 0 amide bonds. The van der Waals surface area contributed by atoms with E-state index < -0.39 is 11.7 Å². The van der Waals surface area contributed by atoms with Gasteiger partial charge < -0.3 is 15.4 Å². The van der Waals surface area contributed by atoms with Crippen molar-refractivity contribution in [3.8, 4) is 0 Å². The largest absolute Gasteiger partial charge is 0.416 e. The summed E-state index contributed by atoms with van der Waals surface area (Å²) in [5, 5.41) is 6.33. The smallest absolute Gasteiger partial charge is 0.380 e. The predicted molar refractivity (Wildman–Crippen MR) is 92.8 cm³/mol. The van der Waals surface area contributed by atoms with E-state index in [2.05, 4.69) is 15.6 Å². The van der Waals surface area contributed by atoms with Crippen molar-refractivity contribution in [3.05, 3.63) is 35.4 Å². The number of alkyl halides is 3. The average molecular weight is 357 g/mol. The zero-order valence-electron chi connectivity index (χ0n) is 14.7. The van der Waals surface area contributed by atoms with E-state index >= 15 is 0 Å². The maximum atomic E-state index is 12.9. The van der Waals surface area contributed by atoms with Gasteiger partial charge in [-0.3, -0.25) is 4.99 Å². The van der Waals surface area contributed by atoms with Crippen LogP contribution in [0.3, 0.4) is 0 Å². The fourth-order valence-electron chi connectivity index (χ4n) is 2.67. The molecule has 140 valence electrons. The van der Waals surface area contributed by atoms with Crippen molar-refractivity contribution < 1.29 is 17.9 Å². The molecule has 2 rings (SSSR count). The Morgan fingerprint density at radius 2 is 2.00 bits per heavy atom. The lowest BCUT2D eigenvalue weighted by Gasteiger charge is -2.17. The van der Waals surface area contributed by atoms with Gasteiger partial charge in [0.05, 0.1) is 18.7 Å². The van der Waals surface area contributed by atoms with E-state index in [0.29, 0.717) is 32.3 Å². The highest BCUT2D eigenvalue weighted by molar-refractivity contribution is 5.79. The molecule has 1 aromatic carbocycles. The second-order valence-corrected chi connectivity index (χ2v) is 6.18. The summed E-state index contributed by atoms with van der Waals surface area (Å²) in [7, 11) is 0. The molecule has 0 unspecified atom stereocenters. The number of aliphatic imine (C=N–C) groups is 1. The number of benzene rings is 1. The molecule has 0 spiro atoms. The highest BCUT2D eigenvalue weighted by Crippen LogP contribution is 2.49. The molecule has 0 aromatic heterocycles. The van der Waals surface area contributed by atoms with Gasteiger partial charge in [0.2, 0.25) is 0 Å². The Bertz CT molecular complexity index is 583. The molecular formula is C18H26F3N3O. The Balaban J connectivity index is 2.04. The number of rotatable bonds is 8. The molecule has 0 saturated heterocycles. The number of nitrogens with one attached hydrogen (secondary N) is 2. The average Bonchev–Trinajstić information content (AvgIpc) is 3.37. The van der Waals surface area contributed by atoms with Crippen LogP contribution >= 0.6 is 0 Å². The number of guanidine groups is 1. The minimum atomic E-state index is -4.31. The van der Waals surface area contributed by atoms with Gasteiger partial charge in [-0.2, -0.15) is 13.2 Å². The van der Waals surface area contributed by atoms with E-state index in [-0.39, 0.29) is 5.41 Å². The standard InChI is InChI=1S/C18H26F3N3O/c1-3-22-16(23-10-11-25-4-2)24-13-17(8-9-17)14-6-5-7-15(12-14)18(19,20)21/h5-7,12H,3-4,8-11,13H2,1-2H3,(H2,22,23,24). The molecule has 7 heteroatoms. The first-order valence-corrected chi connectivity index (χ1v) is 8.69. The van der Waals surface area contributed by atoms with E-state index in [4.69, 9.17) is 4.74 Å². The molecule has 0 atom stereocenters. The molecule has 4 nitrogen and oxygen atoms in total. The minimum Gasteiger partial charge on any atom is -0.380 e. The molecule has 2 N–H and O–H groups in total. The summed E-state index contributed by atoms with van der Waals surface area (Å²) in [4.78, 5) is 4.57. The topological polar surface area (TPSA) is 45.7 Å². The summed E-state index contributed by atoms with van der Waals surface area (Å²) >= 11 is 0. The van der Waals surface area contributed by atoms with E-state index in [1.54, 1.807) is 6.07 Å². The van der Waals surface area contributed by atoms with Crippen molar-refractivity contribution in [2.75, 3.05) is 32.8 Å².